The summed E-state index contributed by atoms with van der Waals surface area (Å²) >= 11 is 1.66. The quantitative estimate of drug-likeness (QED) is 0.601. The molecule has 2 aromatic rings. The number of ether oxygens (including phenoxy) is 1. The summed E-state index contributed by atoms with van der Waals surface area (Å²) in [4.78, 5) is 5.27. The Bertz CT molecular complexity index is 700. The molecule has 0 unspecified atom stereocenters. The van der Waals surface area contributed by atoms with Crippen molar-refractivity contribution in [3.63, 3.8) is 0 Å². The number of aliphatic imine (C=N–C) groups is 1. The van der Waals surface area contributed by atoms with Gasteiger partial charge in [-0.25, -0.2) is 0 Å². The van der Waals surface area contributed by atoms with Gasteiger partial charge >= 0.3 is 6.18 Å². The fourth-order valence-electron chi connectivity index (χ4n) is 2.26. The Balaban J connectivity index is 1.96. The molecule has 0 amide bonds. The highest BCUT2D eigenvalue weighted by Crippen LogP contribution is 2.34. The first-order valence-electron chi connectivity index (χ1n) is 7.65. The van der Waals surface area contributed by atoms with Crippen LogP contribution in [0.5, 0.6) is 5.75 Å². The summed E-state index contributed by atoms with van der Waals surface area (Å²) in [7, 11) is 2.92. The van der Waals surface area contributed by atoms with Crippen LogP contribution in [0.4, 0.5) is 13.2 Å². The lowest BCUT2D eigenvalue weighted by Gasteiger charge is -2.16. The second-order valence-corrected chi connectivity index (χ2v) is 6.23. The molecular formula is C17H20F3N3OS. The number of hydrogen-bond donors (Lipinski definition) is 2. The average molecular weight is 371 g/mol. The Morgan fingerprint density at radius 1 is 1.24 bits per heavy atom. The standard InChI is InChI=1S/C17H20F3N3OS/c1-21-16(22-8-7-14-4-3-9-25-14)23-11-12-5-6-13(24-2)10-15(12)17(18,19)20/h3-6,9-10H,7-8,11H2,1-2H3,(H2,21,22,23). The Morgan fingerprint density at radius 2 is 2.04 bits per heavy atom. The zero-order valence-electron chi connectivity index (χ0n) is 14.0. The van der Waals surface area contributed by atoms with Gasteiger partial charge in [0.15, 0.2) is 5.96 Å². The van der Waals surface area contributed by atoms with Gasteiger partial charge in [-0.2, -0.15) is 13.2 Å². The molecule has 0 fully saturated rings. The van der Waals surface area contributed by atoms with Gasteiger partial charge < -0.3 is 15.4 Å². The smallest absolute Gasteiger partial charge is 0.416 e. The van der Waals surface area contributed by atoms with Gasteiger partial charge in [0.1, 0.15) is 5.75 Å². The first-order chi connectivity index (χ1) is 11.9. The number of nitrogens with zero attached hydrogens (tertiary/aromatic N) is 1. The highest BCUT2D eigenvalue weighted by atomic mass is 32.1. The molecule has 0 spiro atoms. The molecule has 1 aromatic heterocycles. The number of benzene rings is 1. The molecule has 0 bridgehead atoms. The van der Waals surface area contributed by atoms with E-state index in [0.29, 0.717) is 12.5 Å². The minimum Gasteiger partial charge on any atom is -0.497 e. The zero-order valence-corrected chi connectivity index (χ0v) is 14.8. The number of methoxy groups -OCH3 is 1. The number of nitrogens with one attached hydrogen (secondary N) is 2. The summed E-state index contributed by atoms with van der Waals surface area (Å²) in [6.45, 7) is 0.659. The molecule has 0 saturated heterocycles. The maximum atomic E-state index is 13.2. The van der Waals surface area contributed by atoms with Crippen molar-refractivity contribution in [2.45, 2.75) is 19.1 Å². The molecule has 136 valence electrons. The van der Waals surface area contributed by atoms with Gasteiger partial charge in [-0.3, -0.25) is 4.99 Å². The van der Waals surface area contributed by atoms with Crippen LogP contribution in [0.15, 0.2) is 40.7 Å². The SMILES string of the molecule is CN=C(NCCc1cccs1)NCc1ccc(OC)cc1C(F)(F)F. The maximum absolute atomic E-state index is 13.2. The van der Waals surface area contributed by atoms with Crippen LogP contribution in [0.2, 0.25) is 0 Å². The van der Waals surface area contributed by atoms with Crippen molar-refractivity contribution in [1.82, 2.24) is 10.6 Å². The largest absolute Gasteiger partial charge is 0.497 e. The molecule has 25 heavy (non-hydrogen) atoms. The second kappa shape index (κ2) is 8.75. The minimum atomic E-state index is -4.44. The van der Waals surface area contributed by atoms with Crippen molar-refractivity contribution in [1.29, 1.82) is 0 Å². The van der Waals surface area contributed by atoms with E-state index in [4.69, 9.17) is 4.74 Å². The molecule has 0 saturated carbocycles. The minimum absolute atomic E-state index is 0.0114. The number of thiophene rings is 1. The van der Waals surface area contributed by atoms with E-state index in [2.05, 4.69) is 15.6 Å². The van der Waals surface area contributed by atoms with Crippen molar-refractivity contribution >= 4 is 17.3 Å². The molecule has 0 aliphatic heterocycles. The Kier molecular flexibility index (Phi) is 6.69. The lowest BCUT2D eigenvalue weighted by atomic mass is 10.1. The summed E-state index contributed by atoms with van der Waals surface area (Å²) < 4.78 is 44.5. The van der Waals surface area contributed by atoms with Crippen molar-refractivity contribution in [3.05, 3.63) is 51.7 Å². The van der Waals surface area contributed by atoms with E-state index < -0.39 is 11.7 Å². The number of hydrogen-bond acceptors (Lipinski definition) is 3. The van der Waals surface area contributed by atoms with Crippen LogP contribution in [-0.4, -0.2) is 26.7 Å². The first-order valence-corrected chi connectivity index (χ1v) is 8.53. The summed E-state index contributed by atoms with van der Waals surface area (Å²) in [5, 5.41) is 8.02. The van der Waals surface area contributed by atoms with Gasteiger partial charge in [-0.15, -0.1) is 11.3 Å². The average Bonchev–Trinajstić information content (AvgIpc) is 3.10. The van der Waals surface area contributed by atoms with E-state index in [1.807, 2.05) is 17.5 Å². The molecule has 1 heterocycles. The maximum Gasteiger partial charge on any atom is 0.416 e. The topological polar surface area (TPSA) is 45.7 Å². The summed E-state index contributed by atoms with van der Waals surface area (Å²) in [5.74, 6) is 0.634. The second-order valence-electron chi connectivity index (χ2n) is 5.20. The molecule has 1 aromatic carbocycles. The third kappa shape index (κ3) is 5.67. The predicted molar refractivity (Wildman–Crippen MR) is 94.2 cm³/mol. The molecule has 0 atom stereocenters. The Labute approximate surface area is 148 Å². The van der Waals surface area contributed by atoms with Crippen molar-refractivity contribution in [2.24, 2.45) is 4.99 Å². The number of guanidine groups is 1. The van der Waals surface area contributed by atoms with Crippen LogP contribution in [0.3, 0.4) is 0 Å². The summed E-state index contributed by atoms with van der Waals surface area (Å²) in [5.41, 5.74) is -0.581. The van der Waals surface area contributed by atoms with Gasteiger partial charge in [0, 0.05) is 25.0 Å². The molecular weight excluding hydrogens is 351 g/mol. The van der Waals surface area contributed by atoms with Gasteiger partial charge in [0.2, 0.25) is 0 Å². The Morgan fingerprint density at radius 3 is 2.64 bits per heavy atom. The monoisotopic (exact) mass is 371 g/mol. The van der Waals surface area contributed by atoms with E-state index >= 15 is 0 Å². The molecule has 0 radical (unpaired) electrons. The molecule has 2 rings (SSSR count). The van der Waals surface area contributed by atoms with Crippen molar-refractivity contribution < 1.29 is 17.9 Å². The predicted octanol–water partition coefficient (Wildman–Crippen LogP) is 3.68. The third-order valence-corrected chi connectivity index (χ3v) is 4.47. The lowest BCUT2D eigenvalue weighted by molar-refractivity contribution is -0.138. The zero-order chi connectivity index (χ0) is 18.3. The summed E-state index contributed by atoms with van der Waals surface area (Å²) in [6.07, 6.45) is -3.61. The van der Waals surface area contributed by atoms with Crippen LogP contribution in [0.1, 0.15) is 16.0 Å². The van der Waals surface area contributed by atoms with E-state index in [-0.39, 0.29) is 17.9 Å². The first kappa shape index (κ1) is 19.1. The number of alkyl halides is 3. The van der Waals surface area contributed by atoms with Crippen molar-refractivity contribution in [3.8, 4) is 5.75 Å². The fraction of sp³-hybridized carbons (Fsp3) is 0.353. The summed E-state index contributed by atoms with van der Waals surface area (Å²) in [6, 6.07) is 7.95. The molecule has 0 aliphatic carbocycles. The van der Waals surface area contributed by atoms with E-state index in [1.165, 1.54) is 24.1 Å². The number of rotatable bonds is 6. The number of halogens is 3. The highest BCUT2D eigenvalue weighted by Gasteiger charge is 2.33. The van der Waals surface area contributed by atoms with E-state index in [9.17, 15) is 13.2 Å². The van der Waals surface area contributed by atoms with Gasteiger partial charge in [0.25, 0.3) is 0 Å². The van der Waals surface area contributed by atoms with Crippen LogP contribution >= 0.6 is 11.3 Å². The Hall–Kier alpha value is -2.22. The molecule has 2 N–H and O–H groups in total. The molecule has 4 nitrogen and oxygen atoms in total. The van der Waals surface area contributed by atoms with Crippen LogP contribution in [0.25, 0.3) is 0 Å². The van der Waals surface area contributed by atoms with Crippen LogP contribution in [0, 0.1) is 0 Å². The van der Waals surface area contributed by atoms with Gasteiger partial charge in [-0.1, -0.05) is 12.1 Å². The molecule has 8 heteroatoms. The fourth-order valence-corrected chi connectivity index (χ4v) is 2.97. The van der Waals surface area contributed by atoms with Crippen LogP contribution in [-0.2, 0) is 19.1 Å². The van der Waals surface area contributed by atoms with Gasteiger partial charge in [0.05, 0.1) is 12.7 Å². The molecule has 0 aliphatic rings. The van der Waals surface area contributed by atoms with E-state index in [0.717, 1.165) is 12.5 Å². The van der Waals surface area contributed by atoms with E-state index in [1.54, 1.807) is 18.4 Å². The lowest BCUT2D eigenvalue weighted by Crippen LogP contribution is -2.38. The normalized spacial score (nSPS) is 12.1. The van der Waals surface area contributed by atoms with Gasteiger partial charge in [-0.05, 0) is 35.6 Å². The third-order valence-electron chi connectivity index (χ3n) is 3.54. The van der Waals surface area contributed by atoms with Crippen molar-refractivity contribution in [2.75, 3.05) is 20.7 Å². The van der Waals surface area contributed by atoms with Crippen LogP contribution < -0.4 is 15.4 Å². The highest BCUT2D eigenvalue weighted by molar-refractivity contribution is 7.09.